The molecule has 9 heteroatoms. The van der Waals surface area contributed by atoms with Crippen LogP contribution in [0.1, 0.15) is 36.8 Å². The zero-order chi connectivity index (χ0) is 24.9. The minimum Gasteiger partial charge on any atom is -0.480 e. The summed E-state index contributed by atoms with van der Waals surface area (Å²) in [6.45, 7) is 0. The number of hydrogen-bond donors (Lipinski definition) is 5. The fourth-order valence-corrected chi connectivity index (χ4v) is 3.48. The van der Waals surface area contributed by atoms with Crippen LogP contribution in [0.4, 0.5) is 0 Å². The first-order valence-corrected chi connectivity index (χ1v) is 11.1. The smallest absolute Gasteiger partial charge is 0.326 e. The van der Waals surface area contributed by atoms with Crippen molar-refractivity contribution in [2.24, 2.45) is 5.73 Å². The van der Waals surface area contributed by atoms with Gasteiger partial charge in [-0.25, -0.2) is 9.59 Å². The Labute approximate surface area is 198 Å². The third kappa shape index (κ3) is 9.83. The molecule has 3 atom stereocenters. The Kier molecular flexibility index (Phi) is 10.7. The second-order valence-corrected chi connectivity index (χ2v) is 8.15. The van der Waals surface area contributed by atoms with Gasteiger partial charge in [0.25, 0.3) is 0 Å². The monoisotopic (exact) mass is 469 g/mol. The molecule has 0 heterocycles. The molecule has 0 fully saturated rings. The molecule has 2 aromatic carbocycles. The normalized spacial score (nSPS) is 13.3. The van der Waals surface area contributed by atoms with Crippen molar-refractivity contribution in [2.75, 3.05) is 0 Å². The van der Waals surface area contributed by atoms with Crippen LogP contribution >= 0.6 is 0 Å². The molecule has 2 aromatic rings. The van der Waals surface area contributed by atoms with Crippen molar-refractivity contribution < 1.29 is 29.4 Å². The van der Waals surface area contributed by atoms with Crippen LogP contribution in [0.2, 0.25) is 0 Å². The Morgan fingerprint density at radius 1 is 0.735 bits per heavy atom. The highest BCUT2D eigenvalue weighted by Crippen LogP contribution is 2.08. The molecule has 3 unspecified atom stereocenters. The lowest BCUT2D eigenvalue weighted by Crippen LogP contribution is -2.44. The van der Waals surface area contributed by atoms with Gasteiger partial charge in [0.1, 0.15) is 12.1 Å². The van der Waals surface area contributed by atoms with E-state index in [2.05, 4.69) is 10.6 Å². The predicted molar refractivity (Wildman–Crippen MR) is 126 cm³/mol. The SMILES string of the molecule is NC(CCCC(=O)NC(Cc1ccccc1)C(=O)O)CC(=O)NC(Cc1ccccc1)C(=O)O. The topological polar surface area (TPSA) is 159 Å². The minimum absolute atomic E-state index is 0.0691. The van der Waals surface area contributed by atoms with Crippen LogP contribution in [0.25, 0.3) is 0 Å². The van der Waals surface area contributed by atoms with Crippen LogP contribution in [-0.2, 0) is 32.0 Å². The summed E-state index contributed by atoms with van der Waals surface area (Å²) >= 11 is 0. The van der Waals surface area contributed by atoms with Crippen molar-refractivity contribution in [3.8, 4) is 0 Å². The molecule has 0 aliphatic carbocycles. The summed E-state index contributed by atoms with van der Waals surface area (Å²) in [6.07, 6.45) is 1.05. The van der Waals surface area contributed by atoms with Gasteiger partial charge in [0.2, 0.25) is 11.8 Å². The van der Waals surface area contributed by atoms with E-state index in [0.29, 0.717) is 12.8 Å². The fraction of sp³-hybridized carbons (Fsp3) is 0.360. The van der Waals surface area contributed by atoms with Crippen molar-refractivity contribution in [3.05, 3.63) is 71.8 Å². The van der Waals surface area contributed by atoms with Gasteiger partial charge < -0.3 is 26.6 Å². The molecule has 182 valence electrons. The van der Waals surface area contributed by atoms with Crippen molar-refractivity contribution in [3.63, 3.8) is 0 Å². The third-order valence-corrected chi connectivity index (χ3v) is 5.26. The Morgan fingerprint density at radius 2 is 1.18 bits per heavy atom. The quantitative estimate of drug-likeness (QED) is 0.280. The van der Waals surface area contributed by atoms with Gasteiger partial charge in [-0.05, 0) is 24.0 Å². The van der Waals surface area contributed by atoms with Crippen LogP contribution < -0.4 is 16.4 Å². The van der Waals surface area contributed by atoms with Gasteiger partial charge in [0.15, 0.2) is 0 Å². The average Bonchev–Trinajstić information content (AvgIpc) is 2.79. The van der Waals surface area contributed by atoms with E-state index in [1.807, 2.05) is 12.1 Å². The van der Waals surface area contributed by atoms with E-state index in [4.69, 9.17) is 5.73 Å². The van der Waals surface area contributed by atoms with E-state index in [0.717, 1.165) is 11.1 Å². The van der Waals surface area contributed by atoms with Gasteiger partial charge in [-0.15, -0.1) is 0 Å². The van der Waals surface area contributed by atoms with Crippen molar-refractivity contribution >= 4 is 23.8 Å². The molecular formula is C25H31N3O6. The lowest BCUT2D eigenvalue weighted by molar-refractivity contribution is -0.142. The maximum Gasteiger partial charge on any atom is 0.326 e. The number of carboxylic acid groups (broad SMARTS) is 2. The van der Waals surface area contributed by atoms with Gasteiger partial charge in [-0.2, -0.15) is 0 Å². The molecule has 2 rings (SSSR count). The zero-order valence-electron chi connectivity index (χ0n) is 18.9. The van der Waals surface area contributed by atoms with Gasteiger partial charge >= 0.3 is 11.9 Å². The molecule has 0 spiro atoms. The second kappa shape index (κ2) is 13.7. The Balaban J connectivity index is 1.73. The largest absolute Gasteiger partial charge is 0.480 e. The number of nitrogens with one attached hydrogen (secondary N) is 2. The molecule has 0 bridgehead atoms. The highest BCUT2D eigenvalue weighted by Gasteiger charge is 2.22. The molecule has 0 aliphatic heterocycles. The predicted octanol–water partition coefficient (Wildman–Crippen LogP) is 1.50. The number of carbonyl (C=O) groups is 4. The number of carbonyl (C=O) groups excluding carboxylic acids is 2. The number of hydrogen-bond acceptors (Lipinski definition) is 5. The molecule has 0 aromatic heterocycles. The van der Waals surface area contributed by atoms with Gasteiger partial charge in [-0.1, -0.05) is 60.7 Å². The van der Waals surface area contributed by atoms with Gasteiger partial charge in [0.05, 0.1) is 0 Å². The lowest BCUT2D eigenvalue weighted by Gasteiger charge is -2.17. The number of rotatable bonds is 14. The summed E-state index contributed by atoms with van der Waals surface area (Å²) in [5, 5.41) is 23.8. The number of carboxylic acids is 2. The highest BCUT2D eigenvalue weighted by molar-refractivity contribution is 5.84. The fourth-order valence-electron chi connectivity index (χ4n) is 3.48. The Hall–Kier alpha value is -3.72. The first-order valence-electron chi connectivity index (χ1n) is 11.1. The van der Waals surface area contributed by atoms with Crippen LogP contribution in [0, 0.1) is 0 Å². The average molecular weight is 470 g/mol. The molecule has 9 nitrogen and oxygen atoms in total. The second-order valence-electron chi connectivity index (χ2n) is 8.15. The van der Waals surface area contributed by atoms with Crippen LogP contribution in [0.5, 0.6) is 0 Å². The van der Waals surface area contributed by atoms with Crippen molar-refractivity contribution in [1.82, 2.24) is 10.6 Å². The van der Waals surface area contributed by atoms with Gasteiger partial charge in [-0.3, -0.25) is 9.59 Å². The number of nitrogens with two attached hydrogens (primary N) is 1. The molecule has 0 saturated carbocycles. The van der Waals surface area contributed by atoms with E-state index in [1.165, 1.54) is 0 Å². The van der Waals surface area contributed by atoms with E-state index in [9.17, 15) is 29.4 Å². The van der Waals surface area contributed by atoms with E-state index in [-0.39, 0.29) is 25.7 Å². The van der Waals surface area contributed by atoms with Crippen molar-refractivity contribution in [2.45, 2.75) is 56.7 Å². The Morgan fingerprint density at radius 3 is 1.62 bits per heavy atom. The maximum absolute atomic E-state index is 12.3. The summed E-state index contributed by atoms with van der Waals surface area (Å²) in [5.41, 5.74) is 7.57. The summed E-state index contributed by atoms with van der Waals surface area (Å²) in [4.78, 5) is 47.4. The zero-order valence-corrected chi connectivity index (χ0v) is 18.9. The number of benzene rings is 2. The van der Waals surface area contributed by atoms with E-state index in [1.54, 1.807) is 48.5 Å². The van der Waals surface area contributed by atoms with Crippen molar-refractivity contribution in [1.29, 1.82) is 0 Å². The van der Waals surface area contributed by atoms with Crippen LogP contribution in [0.15, 0.2) is 60.7 Å². The summed E-state index contributed by atoms with van der Waals surface area (Å²) < 4.78 is 0. The van der Waals surface area contributed by atoms with E-state index >= 15 is 0 Å². The van der Waals surface area contributed by atoms with E-state index < -0.39 is 41.9 Å². The molecule has 0 radical (unpaired) electrons. The highest BCUT2D eigenvalue weighted by atomic mass is 16.4. The number of aliphatic carboxylic acids is 2. The van der Waals surface area contributed by atoms with Crippen LogP contribution in [-0.4, -0.2) is 52.1 Å². The standard InChI is InChI=1S/C25H31N3O6/c26-19(16-23(30)28-21(25(33)34)15-18-10-5-2-6-11-18)12-7-13-22(29)27-20(24(31)32)14-17-8-3-1-4-9-17/h1-6,8-11,19-21H,7,12-16,26H2,(H,27,29)(H,28,30)(H,31,32)(H,33,34). The lowest BCUT2D eigenvalue weighted by atomic mass is 10.0. The van der Waals surface area contributed by atoms with Crippen LogP contribution in [0.3, 0.4) is 0 Å². The molecule has 34 heavy (non-hydrogen) atoms. The number of amides is 2. The first kappa shape index (κ1) is 26.5. The molecule has 2 amide bonds. The summed E-state index contributed by atoms with van der Waals surface area (Å²) in [7, 11) is 0. The molecular weight excluding hydrogens is 438 g/mol. The molecule has 0 saturated heterocycles. The summed E-state index contributed by atoms with van der Waals surface area (Å²) in [6, 6.07) is 15.3. The molecule has 0 aliphatic rings. The first-order chi connectivity index (χ1) is 16.2. The Bertz CT molecular complexity index is 952. The minimum atomic E-state index is -1.13. The third-order valence-electron chi connectivity index (χ3n) is 5.26. The van der Waals surface area contributed by atoms with Gasteiger partial charge in [0, 0.05) is 31.7 Å². The molecule has 6 N–H and O–H groups in total. The maximum atomic E-state index is 12.3. The summed E-state index contributed by atoms with van der Waals surface area (Å²) in [5.74, 6) is -3.14.